The Labute approximate surface area is 117 Å². The molecule has 1 aromatic rings. The van der Waals surface area contributed by atoms with Gasteiger partial charge in [0.05, 0.1) is 17.8 Å². The summed E-state index contributed by atoms with van der Waals surface area (Å²) in [6, 6.07) is 2.93. The van der Waals surface area contributed by atoms with Crippen molar-refractivity contribution in [2.75, 3.05) is 13.1 Å². The zero-order valence-electron chi connectivity index (χ0n) is 10.3. The lowest BCUT2D eigenvalue weighted by Gasteiger charge is -2.38. The Kier molecular flexibility index (Phi) is 2.96. The van der Waals surface area contributed by atoms with E-state index in [4.69, 9.17) is 4.74 Å². The van der Waals surface area contributed by atoms with Crippen LogP contribution >= 0.6 is 15.9 Å². The summed E-state index contributed by atoms with van der Waals surface area (Å²) in [5.74, 6) is -0.0325. The molecular formula is C13H13BrF3NO. The van der Waals surface area contributed by atoms with Gasteiger partial charge < -0.3 is 10.1 Å². The third-order valence-electron chi connectivity index (χ3n) is 4.04. The van der Waals surface area contributed by atoms with E-state index in [0.717, 1.165) is 11.6 Å². The highest BCUT2D eigenvalue weighted by Gasteiger charge is 2.47. The molecule has 0 radical (unpaired) electrons. The molecule has 1 aromatic carbocycles. The summed E-state index contributed by atoms with van der Waals surface area (Å²) >= 11 is 3.19. The van der Waals surface area contributed by atoms with Crippen molar-refractivity contribution in [1.29, 1.82) is 0 Å². The fourth-order valence-electron chi connectivity index (χ4n) is 3.01. The van der Waals surface area contributed by atoms with Gasteiger partial charge in [0, 0.05) is 23.5 Å². The number of ether oxygens (including phenoxy) is 1. The second-order valence-corrected chi connectivity index (χ2v) is 6.22. The fourth-order valence-corrected chi connectivity index (χ4v) is 3.49. The van der Waals surface area contributed by atoms with E-state index < -0.39 is 17.3 Å². The minimum Gasteiger partial charge on any atom is -0.369 e. The van der Waals surface area contributed by atoms with Crippen molar-refractivity contribution in [3.05, 3.63) is 33.3 Å². The van der Waals surface area contributed by atoms with E-state index in [2.05, 4.69) is 21.2 Å². The Bertz CT molecular complexity index is 531. The molecule has 1 N–H and O–H groups in total. The van der Waals surface area contributed by atoms with Crippen LogP contribution in [0.25, 0.3) is 0 Å². The van der Waals surface area contributed by atoms with Crippen LogP contribution in [0.3, 0.4) is 0 Å². The first-order valence-corrected chi connectivity index (χ1v) is 6.85. The lowest BCUT2D eigenvalue weighted by Crippen LogP contribution is -2.40. The standard InChI is InChI=1S/C13H13BrF3NO/c1-12-6-18-4-11(12)8-2-7(14)3-10(13(15,16)17)9(8)5-19-12/h2-3,11,18H,4-6H2,1H3/t11-,12-/m1/s1. The molecule has 1 saturated heterocycles. The maximum Gasteiger partial charge on any atom is 0.416 e. The molecule has 19 heavy (non-hydrogen) atoms. The Balaban J connectivity index is 2.18. The minimum absolute atomic E-state index is 0.0200. The molecule has 0 unspecified atom stereocenters. The van der Waals surface area contributed by atoms with Crippen LogP contribution in [-0.2, 0) is 17.5 Å². The van der Waals surface area contributed by atoms with Gasteiger partial charge in [-0.2, -0.15) is 13.2 Å². The van der Waals surface area contributed by atoms with Crippen LogP contribution in [0, 0.1) is 0 Å². The first kappa shape index (κ1) is 13.4. The normalized spacial score (nSPS) is 30.1. The van der Waals surface area contributed by atoms with Gasteiger partial charge in [-0.25, -0.2) is 0 Å². The summed E-state index contributed by atoms with van der Waals surface area (Å²) in [6.07, 6.45) is -4.35. The van der Waals surface area contributed by atoms with E-state index >= 15 is 0 Å². The zero-order valence-corrected chi connectivity index (χ0v) is 11.9. The number of fused-ring (bicyclic) bond motifs is 3. The number of rotatable bonds is 0. The van der Waals surface area contributed by atoms with E-state index in [9.17, 15) is 13.2 Å². The van der Waals surface area contributed by atoms with Gasteiger partial charge in [-0.1, -0.05) is 15.9 Å². The Morgan fingerprint density at radius 1 is 1.42 bits per heavy atom. The smallest absolute Gasteiger partial charge is 0.369 e. The number of alkyl halides is 3. The van der Waals surface area contributed by atoms with Gasteiger partial charge in [0.1, 0.15) is 0 Å². The number of benzene rings is 1. The Morgan fingerprint density at radius 2 is 2.16 bits per heavy atom. The first-order chi connectivity index (χ1) is 8.81. The molecular weight excluding hydrogens is 323 g/mol. The lowest BCUT2D eigenvalue weighted by molar-refractivity contribution is -0.141. The molecule has 6 heteroatoms. The molecule has 3 rings (SSSR count). The van der Waals surface area contributed by atoms with Crippen LogP contribution in [0.15, 0.2) is 16.6 Å². The number of nitrogens with one attached hydrogen (secondary N) is 1. The summed E-state index contributed by atoms with van der Waals surface area (Å²) in [7, 11) is 0. The molecule has 2 atom stereocenters. The van der Waals surface area contributed by atoms with Crippen molar-refractivity contribution >= 4 is 15.9 Å². The van der Waals surface area contributed by atoms with Crippen LogP contribution in [0.2, 0.25) is 0 Å². The van der Waals surface area contributed by atoms with Crippen molar-refractivity contribution in [2.24, 2.45) is 0 Å². The number of hydrogen-bond acceptors (Lipinski definition) is 2. The molecule has 0 saturated carbocycles. The quantitative estimate of drug-likeness (QED) is 0.784. The van der Waals surface area contributed by atoms with Crippen molar-refractivity contribution in [3.8, 4) is 0 Å². The summed E-state index contributed by atoms with van der Waals surface area (Å²) in [6.45, 7) is 3.29. The molecule has 2 aliphatic heterocycles. The highest BCUT2D eigenvalue weighted by molar-refractivity contribution is 9.10. The van der Waals surface area contributed by atoms with Crippen LogP contribution < -0.4 is 5.32 Å². The average molecular weight is 336 g/mol. The predicted molar refractivity (Wildman–Crippen MR) is 67.9 cm³/mol. The van der Waals surface area contributed by atoms with Gasteiger partial charge in [0.15, 0.2) is 0 Å². The fraction of sp³-hybridized carbons (Fsp3) is 0.538. The molecule has 2 heterocycles. The topological polar surface area (TPSA) is 21.3 Å². The van der Waals surface area contributed by atoms with Gasteiger partial charge in [0.2, 0.25) is 0 Å². The Hall–Kier alpha value is -0.590. The zero-order chi connectivity index (χ0) is 13.8. The van der Waals surface area contributed by atoms with Crippen LogP contribution in [0.1, 0.15) is 29.5 Å². The van der Waals surface area contributed by atoms with Crippen molar-refractivity contribution in [3.63, 3.8) is 0 Å². The first-order valence-electron chi connectivity index (χ1n) is 6.05. The third kappa shape index (κ3) is 2.10. The maximum atomic E-state index is 13.1. The van der Waals surface area contributed by atoms with E-state index in [1.807, 2.05) is 6.92 Å². The molecule has 2 nitrogen and oxygen atoms in total. The molecule has 0 aromatic heterocycles. The Morgan fingerprint density at radius 3 is 2.84 bits per heavy atom. The summed E-state index contributed by atoms with van der Waals surface area (Å²) in [4.78, 5) is 0. The molecule has 1 fully saturated rings. The van der Waals surface area contributed by atoms with Crippen molar-refractivity contribution in [1.82, 2.24) is 5.32 Å². The van der Waals surface area contributed by atoms with Gasteiger partial charge in [-0.15, -0.1) is 0 Å². The lowest BCUT2D eigenvalue weighted by atomic mass is 9.80. The van der Waals surface area contributed by atoms with E-state index in [1.54, 1.807) is 6.07 Å². The summed E-state index contributed by atoms with van der Waals surface area (Å²) < 4.78 is 45.5. The number of halogens is 4. The minimum atomic E-state index is -4.35. The molecule has 0 bridgehead atoms. The molecule has 0 spiro atoms. The van der Waals surface area contributed by atoms with Crippen LogP contribution in [-0.4, -0.2) is 18.7 Å². The second kappa shape index (κ2) is 4.20. The maximum absolute atomic E-state index is 13.1. The predicted octanol–water partition coefficient (Wildman–Crippen LogP) is 3.44. The summed E-state index contributed by atoms with van der Waals surface area (Å²) in [5.41, 5.74) is 0.0320. The van der Waals surface area contributed by atoms with E-state index in [-0.39, 0.29) is 18.1 Å². The van der Waals surface area contributed by atoms with Crippen LogP contribution in [0.4, 0.5) is 13.2 Å². The highest BCUT2D eigenvalue weighted by Crippen LogP contribution is 2.46. The molecule has 0 amide bonds. The van der Waals surface area contributed by atoms with Crippen LogP contribution in [0.5, 0.6) is 0 Å². The van der Waals surface area contributed by atoms with Gasteiger partial charge in [0.25, 0.3) is 0 Å². The molecule has 104 valence electrons. The van der Waals surface area contributed by atoms with Gasteiger partial charge >= 0.3 is 6.18 Å². The number of hydrogen-bond donors (Lipinski definition) is 1. The van der Waals surface area contributed by atoms with E-state index in [1.165, 1.54) is 0 Å². The van der Waals surface area contributed by atoms with Crippen molar-refractivity contribution in [2.45, 2.75) is 31.2 Å². The molecule has 0 aliphatic carbocycles. The third-order valence-corrected chi connectivity index (χ3v) is 4.50. The van der Waals surface area contributed by atoms with Gasteiger partial charge in [-0.05, 0) is 30.2 Å². The average Bonchev–Trinajstić information content (AvgIpc) is 2.69. The van der Waals surface area contributed by atoms with E-state index in [0.29, 0.717) is 17.6 Å². The van der Waals surface area contributed by atoms with Crippen molar-refractivity contribution < 1.29 is 17.9 Å². The largest absolute Gasteiger partial charge is 0.416 e. The second-order valence-electron chi connectivity index (χ2n) is 5.30. The molecule has 2 aliphatic rings. The van der Waals surface area contributed by atoms with Gasteiger partial charge in [-0.3, -0.25) is 0 Å². The highest BCUT2D eigenvalue weighted by atomic mass is 79.9. The monoisotopic (exact) mass is 335 g/mol. The SMILES string of the molecule is C[C@@]12CNC[C@@H]1c1cc(Br)cc(C(F)(F)F)c1CO2. The summed E-state index contributed by atoms with van der Waals surface area (Å²) in [5, 5.41) is 3.20.